The van der Waals surface area contributed by atoms with Gasteiger partial charge in [-0.25, -0.2) is 9.69 Å². The Morgan fingerprint density at radius 2 is 2.19 bits per heavy atom. The second kappa shape index (κ2) is 4.75. The van der Waals surface area contributed by atoms with E-state index in [0.717, 1.165) is 4.90 Å². The van der Waals surface area contributed by atoms with E-state index in [0.29, 0.717) is 5.69 Å². The molecule has 0 atom stereocenters. The van der Waals surface area contributed by atoms with Gasteiger partial charge in [-0.2, -0.15) is 0 Å². The number of hydrogen-bond acceptors (Lipinski definition) is 4. The molecule has 0 saturated heterocycles. The molecule has 86 valence electrons. The number of aromatic nitrogens is 1. The zero-order valence-electron chi connectivity index (χ0n) is 8.81. The molecule has 0 unspecified atom stereocenters. The molecule has 16 heavy (non-hydrogen) atoms. The van der Waals surface area contributed by atoms with Crippen molar-refractivity contribution >= 4 is 29.2 Å². The molecule has 0 spiro atoms. The number of nitrogens with one attached hydrogen (secondary N) is 1. The van der Waals surface area contributed by atoms with E-state index in [1.807, 2.05) is 0 Å². The molecule has 6 nitrogen and oxygen atoms in total. The van der Waals surface area contributed by atoms with Gasteiger partial charge in [0.15, 0.2) is 10.5 Å². The summed E-state index contributed by atoms with van der Waals surface area (Å²) in [5, 5.41) is -0.201. The third-order valence-corrected chi connectivity index (χ3v) is 1.96. The molecule has 3 N–H and O–H groups in total. The lowest BCUT2D eigenvalue weighted by atomic mass is 10.3. The van der Waals surface area contributed by atoms with Gasteiger partial charge in [0.2, 0.25) is 0 Å². The van der Waals surface area contributed by atoms with Crippen LogP contribution in [0.2, 0.25) is 0 Å². The minimum Gasteiger partial charge on any atom is -0.452 e. The van der Waals surface area contributed by atoms with Gasteiger partial charge in [-0.15, -0.1) is 0 Å². The highest BCUT2D eigenvalue weighted by molar-refractivity contribution is 7.80. The van der Waals surface area contributed by atoms with Gasteiger partial charge in [0.25, 0.3) is 0 Å². The molecule has 0 bridgehead atoms. The monoisotopic (exact) mass is 241 g/mol. The average molecular weight is 241 g/mol. The molecular formula is C9H11N3O3S. The highest BCUT2D eigenvalue weighted by atomic mass is 32.1. The highest BCUT2D eigenvalue weighted by Gasteiger charge is 2.20. The zero-order chi connectivity index (χ0) is 12.3. The van der Waals surface area contributed by atoms with Crippen LogP contribution in [0, 0.1) is 6.92 Å². The van der Waals surface area contributed by atoms with Crippen LogP contribution in [0.3, 0.4) is 0 Å². The van der Waals surface area contributed by atoms with Crippen molar-refractivity contribution in [2.24, 2.45) is 5.73 Å². The number of aromatic amines is 1. The number of methoxy groups -OCH3 is 1. The van der Waals surface area contributed by atoms with Crippen LogP contribution >= 0.6 is 12.2 Å². The normalized spacial score (nSPS) is 9.62. The number of hydrogen-bond donors (Lipinski definition) is 2. The quantitative estimate of drug-likeness (QED) is 0.699. The first-order chi connectivity index (χ1) is 7.45. The summed E-state index contributed by atoms with van der Waals surface area (Å²) in [6.45, 7) is 1.68. The lowest BCUT2D eigenvalue weighted by molar-refractivity contribution is 0.182. The van der Waals surface area contributed by atoms with Crippen molar-refractivity contribution in [2.45, 2.75) is 6.92 Å². The van der Waals surface area contributed by atoms with Crippen LogP contribution < -0.4 is 16.1 Å². The number of amides is 1. The summed E-state index contributed by atoms with van der Waals surface area (Å²) in [6.07, 6.45) is -0.756. The van der Waals surface area contributed by atoms with Gasteiger partial charge in [-0.05, 0) is 19.1 Å². The summed E-state index contributed by atoms with van der Waals surface area (Å²) >= 11 is 4.71. The number of pyridine rings is 1. The third-order valence-electron chi connectivity index (χ3n) is 1.78. The fraction of sp³-hybridized carbons (Fsp3) is 0.222. The van der Waals surface area contributed by atoms with Crippen molar-refractivity contribution in [3.05, 3.63) is 28.0 Å². The topological polar surface area (TPSA) is 88.4 Å². The molecule has 0 aromatic carbocycles. The Kier molecular flexibility index (Phi) is 3.62. The SMILES string of the molecule is COC(=O)N(C(N)=S)c1cc(=O)cc(C)[nH]1. The number of rotatable bonds is 1. The molecule has 0 fully saturated rings. The summed E-state index contributed by atoms with van der Waals surface area (Å²) in [5.74, 6) is 0.185. The number of nitrogens with two attached hydrogens (primary N) is 1. The van der Waals surface area contributed by atoms with Crippen molar-refractivity contribution in [3.8, 4) is 0 Å². The number of thiocarbonyl (C=S) groups is 1. The highest BCUT2D eigenvalue weighted by Crippen LogP contribution is 2.09. The van der Waals surface area contributed by atoms with E-state index in [2.05, 4.69) is 9.72 Å². The van der Waals surface area contributed by atoms with E-state index < -0.39 is 6.09 Å². The maximum atomic E-state index is 11.4. The number of ether oxygens (including phenoxy) is 1. The molecule has 1 heterocycles. The van der Waals surface area contributed by atoms with E-state index >= 15 is 0 Å². The van der Waals surface area contributed by atoms with Gasteiger partial charge in [0.1, 0.15) is 5.82 Å². The van der Waals surface area contributed by atoms with Crippen LogP contribution in [0.5, 0.6) is 0 Å². The number of aryl methyl sites for hydroxylation is 1. The van der Waals surface area contributed by atoms with Crippen LogP contribution in [-0.4, -0.2) is 23.3 Å². The second-order valence-electron chi connectivity index (χ2n) is 3.03. The van der Waals surface area contributed by atoms with Crippen LogP contribution in [0.25, 0.3) is 0 Å². The number of nitrogens with zero attached hydrogens (tertiary/aromatic N) is 1. The maximum Gasteiger partial charge on any atom is 0.421 e. The molecular weight excluding hydrogens is 230 g/mol. The standard InChI is InChI=1S/C9H11N3O3S/c1-5-3-6(13)4-7(11-5)12(8(10)16)9(14)15-2/h3-4H,1-2H3,(H2,10,16)(H,11,13). The number of anilines is 1. The maximum absolute atomic E-state index is 11.4. The van der Waals surface area contributed by atoms with Crippen molar-refractivity contribution in [1.82, 2.24) is 4.98 Å². The number of H-pyrrole nitrogens is 1. The Labute approximate surface area is 97.0 Å². The summed E-state index contributed by atoms with van der Waals surface area (Å²) in [4.78, 5) is 26.4. The number of carbonyl (C=O) groups excluding carboxylic acids is 1. The predicted octanol–water partition coefficient (Wildman–Crippen LogP) is 0.500. The molecule has 0 aliphatic rings. The van der Waals surface area contributed by atoms with Gasteiger partial charge in [-0.3, -0.25) is 4.79 Å². The van der Waals surface area contributed by atoms with Crippen LogP contribution in [0.1, 0.15) is 5.69 Å². The Morgan fingerprint density at radius 1 is 1.56 bits per heavy atom. The van der Waals surface area contributed by atoms with E-state index in [4.69, 9.17) is 18.0 Å². The molecule has 0 saturated carbocycles. The molecule has 7 heteroatoms. The van der Waals surface area contributed by atoms with E-state index in [1.165, 1.54) is 19.2 Å². The third kappa shape index (κ3) is 2.57. The van der Waals surface area contributed by atoms with Crippen molar-refractivity contribution in [2.75, 3.05) is 12.0 Å². The van der Waals surface area contributed by atoms with Crippen LogP contribution in [0.4, 0.5) is 10.6 Å². The first kappa shape index (κ1) is 12.2. The minimum atomic E-state index is -0.756. The predicted molar refractivity (Wildman–Crippen MR) is 63.5 cm³/mol. The largest absolute Gasteiger partial charge is 0.452 e. The van der Waals surface area contributed by atoms with Crippen molar-refractivity contribution in [3.63, 3.8) is 0 Å². The summed E-state index contributed by atoms with van der Waals surface area (Å²) in [7, 11) is 1.20. The fourth-order valence-corrected chi connectivity index (χ4v) is 1.36. The molecule has 0 aliphatic heterocycles. The zero-order valence-corrected chi connectivity index (χ0v) is 9.63. The lowest BCUT2D eigenvalue weighted by Crippen LogP contribution is -2.41. The average Bonchev–Trinajstić information content (AvgIpc) is 2.15. The molecule has 1 aromatic heterocycles. The van der Waals surface area contributed by atoms with E-state index in [-0.39, 0.29) is 16.4 Å². The minimum absolute atomic E-state index is 0.185. The Hall–Kier alpha value is -1.89. The first-order valence-electron chi connectivity index (χ1n) is 4.34. The Bertz CT molecular complexity index is 483. The van der Waals surface area contributed by atoms with E-state index in [1.54, 1.807) is 6.92 Å². The fourth-order valence-electron chi connectivity index (χ4n) is 1.18. The van der Waals surface area contributed by atoms with Gasteiger partial charge in [-0.1, -0.05) is 0 Å². The smallest absolute Gasteiger partial charge is 0.421 e. The molecule has 1 aromatic rings. The molecule has 0 radical (unpaired) electrons. The van der Waals surface area contributed by atoms with Crippen LogP contribution in [0.15, 0.2) is 16.9 Å². The van der Waals surface area contributed by atoms with Gasteiger partial charge >= 0.3 is 6.09 Å². The van der Waals surface area contributed by atoms with Gasteiger partial charge in [0.05, 0.1) is 7.11 Å². The first-order valence-corrected chi connectivity index (χ1v) is 4.75. The molecule has 1 amide bonds. The summed E-state index contributed by atoms with van der Waals surface area (Å²) in [6, 6.07) is 2.60. The number of carbonyl (C=O) groups is 1. The van der Waals surface area contributed by atoms with Gasteiger partial charge < -0.3 is 15.5 Å². The Balaban J connectivity index is 3.26. The molecule has 0 aliphatic carbocycles. The van der Waals surface area contributed by atoms with Crippen LogP contribution in [-0.2, 0) is 4.74 Å². The molecule has 1 rings (SSSR count). The van der Waals surface area contributed by atoms with Crippen molar-refractivity contribution < 1.29 is 9.53 Å². The van der Waals surface area contributed by atoms with E-state index in [9.17, 15) is 9.59 Å². The summed E-state index contributed by atoms with van der Waals surface area (Å²) < 4.78 is 4.51. The van der Waals surface area contributed by atoms with Gasteiger partial charge in [0, 0.05) is 17.8 Å². The second-order valence-corrected chi connectivity index (χ2v) is 3.45. The van der Waals surface area contributed by atoms with Crippen molar-refractivity contribution in [1.29, 1.82) is 0 Å². The Morgan fingerprint density at radius 3 is 2.62 bits per heavy atom. The lowest BCUT2D eigenvalue weighted by Gasteiger charge is -2.18. The summed E-state index contributed by atoms with van der Waals surface area (Å²) in [5.41, 5.74) is 5.72.